The van der Waals surface area contributed by atoms with Crippen LogP contribution in [0.3, 0.4) is 0 Å². The second kappa shape index (κ2) is 11.5. The van der Waals surface area contributed by atoms with Gasteiger partial charge in [0, 0.05) is 32.6 Å². The largest absolute Gasteiger partial charge is 0.464 e. The lowest BCUT2D eigenvalue weighted by Crippen LogP contribution is -2.58. The fraction of sp³-hybridized carbons (Fsp3) is 0.684. The minimum Gasteiger partial charge on any atom is -0.464 e. The summed E-state index contributed by atoms with van der Waals surface area (Å²) in [5.74, 6) is -2.39. The highest BCUT2D eigenvalue weighted by atomic mass is 16.5. The van der Waals surface area contributed by atoms with Crippen molar-refractivity contribution in [2.75, 3.05) is 59.0 Å². The van der Waals surface area contributed by atoms with Crippen molar-refractivity contribution in [3.05, 3.63) is 4.91 Å². The van der Waals surface area contributed by atoms with Crippen molar-refractivity contribution >= 4 is 35.6 Å². The molecule has 2 atom stereocenters. The molecular formula is C19H27N7O8. The Bertz CT molecular complexity index is 842. The van der Waals surface area contributed by atoms with Crippen molar-refractivity contribution in [3.8, 4) is 0 Å². The maximum Gasteiger partial charge on any atom is 0.328 e. The molecule has 0 aromatic carbocycles. The molecule has 34 heavy (non-hydrogen) atoms. The average Bonchev–Trinajstić information content (AvgIpc) is 3.37. The van der Waals surface area contributed by atoms with Gasteiger partial charge in [-0.2, -0.15) is 4.91 Å². The summed E-state index contributed by atoms with van der Waals surface area (Å²) in [5, 5.41) is 10.2. The number of carbonyl (C=O) groups excluding carboxylic acids is 6. The number of imide groups is 1. The topological polar surface area (TPSA) is 187 Å². The number of ether oxygens (including phenoxy) is 1. The SMILES string of the molecule is O=NCCC(C(=O)NCC(=O)NC1CCOC1=O)N1CCN(C(=O)CN2C(=O)CNC2=O)CC1. The van der Waals surface area contributed by atoms with Gasteiger partial charge in [-0.3, -0.25) is 29.0 Å². The van der Waals surface area contributed by atoms with Gasteiger partial charge in [0.15, 0.2) is 0 Å². The Balaban J connectivity index is 1.48. The Hall–Kier alpha value is -3.62. The molecular weight excluding hydrogens is 454 g/mol. The number of esters is 1. The number of hydrogen-bond acceptors (Lipinski definition) is 10. The third kappa shape index (κ3) is 6.24. The van der Waals surface area contributed by atoms with E-state index in [0.29, 0.717) is 19.5 Å². The summed E-state index contributed by atoms with van der Waals surface area (Å²) in [6.45, 7) is 0.411. The number of nitroso groups, excluding NO2 is 1. The van der Waals surface area contributed by atoms with Crippen LogP contribution < -0.4 is 16.0 Å². The number of urea groups is 1. The first-order valence-corrected chi connectivity index (χ1v) is 10.9. The van der Waals surface area contributed by atoms with Crippen LogP contribution in [0.15, 0.2) is 5.18 Å². The van der Waals surface area contributed by atoms with E-state index in [4.69, 9.17) is 4.74 Å². The van der Waals surface area contributed by atoms with E-state index in [1.807, 2.05) is 0 Å². The number of nitrogens with one attached hydrogen (secondary N) is 3. The predicted molar refractivity (Wildman–Crippen MR) is 113 cm³/mol. The Morgan fingerprint density at radius 2 is 1.88 bits per heavy atom. The number of hydrogen-bond donors (Lipinski definition) is 3. The van der Waals surface area contributed by atoms with E-state index in [1.165, 1.54) is 4.90 Å². The fourth-order valence-corrected chi connectivity index (χ4v) is 3.95. The number of cyclic esters (lactones) is 1. The first-order chi connectivity index (χ1) is 16.3. The van der Waals surface area contributed by atoms with E-state index >= 15 is 0 Å². The molecule has 3 aliphatic heterocycles. The van der Waals surface area contributed by atoms with Gasteiger partial charge < -0.3 is 25.6 Å². The summed E-state index contributed by atoms with van der Waals surface area (Å²) in [4.78, 5) is 86.8. The van der Waals surface area contributed by atoms with Crippen LogP contribution in [0.25, 0.3) is 0 Å². The van der Waals surface area contributed by atoms with Crippen molar-refractivity contribution in [3.63, 3.8) is 0 Å². The van der Waals surface area contributed by atoms with Crippen LogP contribution in [-0.4, -0.2) is 121 Å². The second-order valence-electron chi connectivity index (χ2n) is 8.01. The van der Waals surface area contributed by atoms with Gasteiger partial charge in [0.05, 0.1) is 32.3 Å². The normalized spacial score (nSPS) is 21.6. The fourth-order valence-electron chi connectivity index (χ4n) is 3.95. The van der Waals surface area contributed by atoms with Gasteiger partial charge in [0.2, 0.25) is 17.7 Å². The average molecular weight is 481 g/mol. The van der Waals surface area contributed by atoms with E-state index < -0.39 is 41.8 Å². The smallest absolute Gasteiger partial charge is 0.328 e. The molecule has 3 heterocycles. The molecule has 3 N–H and O–H groups in total. The molecule has 3 fully saturated rings. The standard InChI is InChI=1S/C19H27N7O8/c27-14(23-12-2-8-34-18(12)31)9-20-17(30)13(1-3-22-33)24-4-6-25(7-5-24)16(29)11-26-15(28)10-21-19(26)32/h12-13H,1-11H2,(H,20,30)(H,21,32)(H,23,27). The molecule has 0 aliphatic carbocycles. The monoisotopic (exact) mass is 481 g/mol. The van der Waals surface area contributed by atoms with Crippen molar-refractivity contribution < 1.29 is 33.5 Å². The zero-order chi connectivity index (χ0) is 24.7. The third-order valence-electron chi connectivity index (χ3n) is 5.83. The second-order valence-corrected chi connectivity index (χ2v) is 8.01. The molecule has 3 saturated heterocycles. The molecule has 0 saturated carbocycles. The van der Waals surface area contributed by atoms with Gasteiger partial charge >= 0.3 is 12.0 Å². The van der Waals surface area contributed by atoms with Crippen molar-refractivity contribution in [2.24, 2.45) is 5.18 Å². The molecule has 2 unspecified atom stereocenters. The molecule has 0 aromatic heterocycles. The first kappa shape index (κ1) is 25.0. The van der Waals surface area contributed by atoms with Crippen LogP contribution in [0.2, 0.25) is 0 Å². The minimum absolute atomic E-state index is 0.108. The van der Waals surface area contributed by atoms with Gasteiger partial charge in [-0.15, -0.1) is 0 Å². The Morgan fingerprint density at radius 1 is 1.15 bits per heavy atom. The number of nitrogens with zero attached hydrogens (tertiary/aromatic N) is 4. The maximum atomic E-state index is 12.7. The predicted octanol–water partition coefficient (Wildman–Crippen LogP) is -3.24. The van der Waals surface area contributed by atoms with E-state index in [2.05, 4.69) is 21.1 Å². The molecule has 15 heteroatoms. The molecule has 3 aliphatic rings. The summed E-state index contributed by atoms with van der Waals surface area (Å²) < 4.78 is 4.77. The van der Waals surface area contributed by atoms with E-state index in [1.54, 1.807) is 4.90 Å². The summed E-state index contributed by atoms with van der Waals surface area (Å²) >= 11 is 0. The molecule has 6 amide bonds. The number of carbonyl (C=O) groups is 6. The number of piperazine rings is 1. The highest BCUT2D eigenvalue weighted by Gasteiger charge is 2.34. The van der Waals surface area contributed by atoms with E-state index in [0.717, 1.165) is 4.90 Å². The van der Waals surface area contributed by atoms with Crippen LogP contribution >= 0.6 is 0 Å². The molecule has 0 radical (unpaired) electrons. The van der Waals surface area contributed by atoms with Crippen molar-refractivity contribution in [1.29, 1.82) is 0 Å². The zero-order valence-corrected chi connectivity index (χ0v) is 18.5. The highest BCUT2D eigenvalue weighted by molar-refractivity contribution is 6.04. The Kier molecular flexibility index (Phi) is 8.45. The van der Waals surface area contributed by atoms with Gasteiger partial charge in [0.1, 0.15) is 12.6 Å². The maximum absolute atomic E-state index is 12.7. The number of rotatable bonds is 10. The van der Waals surface area contributed by atoms with Crippen LogP contribution in [0.5, 0.6) is 0 Å². The third-order valence-corrected chi connectivity index (χ3v) is 5.83. The lowest BCUT2D eigenvalue weighted by molar-refractivity contribution is -0.141. The zero-order valence-electron chi connectivity index (χ0n) is 18.5. The van der Waals surface area contributed by atoms with Gasteiger partial charge in [-0.1, -0.05) is 5.18 Å². The molecule has 0 aromatic rings. The first-order valence-electron chi connectivity index (χ1n) is 10.9. The minimum atomic E-state index is -0.745. The lowest BCUT2D eigenvalue weighted by Gasteiger charge is -2.38. The quantitative estimate of drug-likeness (QED) is 0.164. The van der Waals surface area contributed by atoms with Crippen LogP contribution in [0.4, 0.5) is 4.79 Å². The number of amides is 6. The van der Waals surface area contributed by atoms with Gasteiger partial charge in [-0.25, -0.2) is 9.59 Å². The van der Waals surface area contributed by atoms with Crippen LogP contribution in [-0.2, 0) is 28.7 Å². The molecule has 186 valence electrons. The molecule has 3 rings (SSSR count). The Labute approximate surface area is 194 Å². The van der Waals surface area contributed by atoms with E-state index in [-0.39, 0.29) is 58.2 Å². The van der Waals surface area contributed by atoms with Crippen molar-refractivity contribution in [1.82, 2.24) is 30.7 Å². The van der Waals surface area contributed by atoms with Crippen molar-refractivity contribution in [2.45, 2.75) is 24.9 Å². The summed E-state index contributed by atoms with van der Waals surface area (Å²) in [6, 6.07) is -2.08. The summed E-state index contributed by atoms with van der Waals surface area (Å²) in [7, 11) is 0. The lowest BCUT2D eigenvalue weighted by atomic mass is 10.1. The highest BCUT2D eigenvalue weighted by Crippen LogP contribution is 2.12. The van der Waals surface area contributed by atoms with Gasteiger partial charge in [-0.05, 0) is 6.42 Å². The van der Waals surface area contributed by atoms with Crippen LogP contribution in [0.1, 0.15) is 12.8 Å². The molecule has 15 nitrogen and oxygen atoms in total. The summed E-state index contributed by atoms with van der Waals surface area (Å²) in [6.07, 6.45) is 0.494. The van der Waals surface area contributed by atoms with E-state index in [9.17, 15) is 33.7 Å². The molecule has 0 spiro atoms. The Morgan fingerprint density at radius 3 is 2.47 bits per heavy atom. The summed E-state index contributed by atoms with van der Waals surface area (Å²) in [5.41, 5.74) is 0. The molecule has 0 bridgehead atoms. The van der Waals surface area contributed by atoms with Crippen LogP contribution in [0, 0.1) is 4.91 Å². The van der Waals surface area contributed by atoms with Gasteiger partial charge in [0.25, 0.3) is 5.91 Å².